The molecule has 1 heterocycles. The number of aliphatic imine (C=N–C) groups is 1. The molecule has 9 heteroatoms. The van der Waals surface area contributed by atoms with Gasteiger partial charge in [-0.05, 0) is 18.4 Å². The highest BCUT2D eigenvalue weighted by Crippen LogP contribution is 2.18. The molecule has 1 atom stereocenters. The van der Waals surface area contributed by atoms with Crippen LogP contribution in [-0.4, -0.2) is 40.9 Å². The molecule has 1 aromatic carbocycles. The lowest BCUT2D eigenvalue weighted by atomic mass is 10.1. The van der Waals surface area contributed by atoms with Gasteiger partial charge in [-0.3, -0.25) is 14.6 Å². The van der Waals surface area contributed by atoms with Crippen LogP contribution >= 0.6 is 0 Å². The predicted molar refractivity (Wildman–Crippen MR) is 126 cm³/mol. The number of benzene rings is 1. The molecule has 2 amide bonds. The molecule has 5 N–H and O–H groups in total. The summed E-state index contributed by atoms with van der Waals surface area (Å²) in [6.07, 6.45) is 11.5. The molecule has 0 spiro atoms. The van der Waals surface area contributed by atoms with E-state index in [1.165, 1.54) is 0 Å². The van der Waals surface area contributed by atoms with E-state index in [1.54, 1.807) is 24.3 Å². The number of aromatic nitrogens is 2. The third-order valence-electron chi connectivity index (χ3n) is 4.98. The fraction of sp³-hybridized carbons (Fsp3) is 0.292. The Morgan fingerprint density at radius 3 is 2.76 bits per heavy atom. The normalized spacial score (nSPS) is 15.7. The Morgan fingerprint density at radius 1 is 1.18 bits per heavy atom. The summed E-state index contributed by atoms with van der Waals surface area (Å²) in [5, 5.41) is 6.82. The number of aryl methyl sites for hydroxylation is 1. The van der Waals surface area contributed by atoms with Gasteiger partial charge in [-0.2, -0.15) is 4.98 Å². The van der Waals surface area contributed by atoms with Crippen molar-refractivity contribution in [1.29, 1.82) is 0 Å². The average molecular weight is 449 g/mol. The van der Waals surface area contributed by atoms with Crippen molar-refractivity contribution in [2.45, 2.75) is 26.2 Å². The number of nitrogens with zero attached hydrogens (tertiary/aromatic N) is 3. The summed E-state index contributed by atoms with van der Waals surface area (Å²) >= 11 is 0. The van der Waals surface area contributed by atoms with E-state index >= 15 is 0 Å². The Kier molecular flexibility index (Phi) is 8.29. The lowest BCUT2D eigenvalue weighted by Crippen LogP contribution is -2.27. The van der Waals surface area contributed by atoms with Crippen LogP contribution in [0.25, 0.3) is 5.57 Å². The molecule has 9 nitrogen and oxygen atoms in total. The number of nitrogens with two attached hydrogens (primary N) is 2. The highest BCUT2D eigenvalue weighted by Gasteiger charge is 2.12. The number of hydrogen-bond acceptors (Lipinski definition) is 6. The first-order valence-electron chi connectivity index (χ1n) is 10.8. The van der Waals surface area contributed by atoms with Crippen LogP contribution < -0.4 is 16.8 Å². The molecule has 1 aliphatic rings. The summed E-state index contributed by atoms with van der Waals surface area (Å²) in [7, 11) is 0. The fourth-order valence-electron chi connectivity index (χ4n) is 3.20. The maximum absolute atomic E-state index is 12.1. The minimum atomic E-state index is -0.570. The molecular formula is C24H28N6O3. The third kappa shape index (κ3) is 6.99. The zero-order valence-corrected chi connectivity index (χ0v) is 18.5. The number of amidine groups is 1. The van der Waals surface area contributed by atoms with Gasteiger partial charge in [0, 0.05) is 36.1 Å². The van der Waals surface area contributed by atoms with E-state index in [1.807, 2.05) is 18.2 Å². The maximum atomic E-state index is 12.1. The quantitative estimate of drug-likeness (QED) is 0.288. The summed E-state index contributed by atoms with van der Waals surface area (Å²) in [6, 6.07) is 6.73. The van der Waals surface area contributed by atoms with Crippen LogP contribution in [0.5, 0.6) is 0 Å². The van der Waals surface area contributed by atoms with Gasteiger partial charge in [-0.1, -0.05) is 60.7 Å². The highest BCUT2D eigenvalue weighted by molar-refractivity contribution is 6.08. The molecule has 1 unspecified atom stereocenters. The summed E-state index contributed by atoms with van der Waals surface area (Å²) < 4.78 is 5.30. The Hall–Kier alpha value is -4.01. The van der Waals surface area contributed by atoms with Crippen LogP contribution in [0.2, 0.25) is 0 Å². The molecular weight excluding hydrogens is 420 g/mol. The lowest BCUT2D eigenvalue weighted by Gasteiger charge is -2.06. The van der Waals surface area contributed by atoms with Crippen molar-refractivity contribution in [1.82, 2.24) is 15.5 Å². The summed E-state index contributed by atoms with van der Waals surface area (Å²) in [6.45, 7) is 2.71. The van der Waals surface area contributed by atoms with Crippen LogP contribution in [0.4, 0.5) is 0 Å². The van der Waals surface area contributed by atoms with Crippen LogP contribution in [-0.2, 0) is 11.2 Å². The fourth-order valence-corrected chi connectivity index (χ4v) is 3.20. The molecule has 0 bridgehead atoms. The number of allylic oxidation sites excluding steroid dienone is 6. The van der Waals surface area contributed by atoms with Gasteiger partial charge in [0.15, 0.2) is 0 Å². The van der Waals surface area contributed by atoms with E-state index in [-0.39, 0.29) is 18.3 Å². The van der Waals surface area contributed by atoms with Crippen LogP contribution in [0.15, 0.2) is 64.2 Å². The SMILES string of the molecule is CC1C=CC=C(c2noc(CCCC(=O)NCCN=C(N)c3ccccc3C(N)=O)n2)C=C1. The van der Waals surface area contributed by atoms with Crippen LogP contribution in [0.3, 0.4) is 0 Å². The second-order valence-corrected chi connectivity index (χ2v) is 7.62. The van der Waals surface area contributed by atoms with Gasteiger partial charge >= 0.3 is 0 Å². The molecule has 172 valence electrons. The van der Waals surface area contributed by atoms with E-state index in [0.29, 0.717) is 54.6 Å². The third-order valence-corrected chi connectivity index (χ3v) is 4.98. The molecule has 1 aliphatic carbocycles. The van der Waals surface area contributed by atoms with Gasteiger partial charge in [-0.15, -0.1) is 0 Å². The average Bonchev–Trinajstić information content (AvgIpc) is 3.16. The van der Waals surface area contributed by atoms with Crippen LogP contribution in [0, 0.1) is 5.92 Å². The van der Waals surface area contributed by atoms with Crippen molar-refractivity contribution >= 4 is 23.2 Å². The summed E-state index contributed by atoms with van der Waals surface area (Å²) in [4.78, 5) is 32.2. The smallest absolute Gasteiger partial charge is 0.249 e. The number of carbonyl (C=O) groups excluding carboxylic acids is 2. The molecule has 0 fully saturated rings. The molecule has 3 rings (SSSR count). The summed E-state index contributed by atoms with van der Waals surface area (Å²) in [5.41, 5.74) is 13.0. The molecule has 0 aliphatic heterocycles. The van der Waals surface area contributed by atoms with Crippen molar-refractivity contribution in [3.05, 3.63) is 77.5 Å². The van der Waals surface area contributed by atoms with E-state index in [4.69, 9.17) is 16.0 Å². The molecule has 0 saturated heterocycles. The van der Waals surface area contributed by atoms with Crippen molar-refractivity contribution in [2.24, 2.45) is 22.4 Å². The molecule has 1 aromatic heterocycles. The van der Waals surface area contributed by atoms with E-state index < -0.39 is 5.91 Å². The molecule has 33 heavy (non-hydrogen) atoms. The Balaban J connectivity index is 1.39. The predicted octanol–water partition coefficient (Wildman–Crippen LogP) is 2.16. The first-order chi connectivity index (χ1) is 15.9. The Morgan fingerprint density at radius 2 is 1.97 bits per heavy atom. The second kappa shape index (κ2) is 11.6. The minimum absolute atomic E-state index is 0.102. The summed E-state index contributed by atoms with van der Waals surface area (Å²) in [5.74, 6) is 0.927. The van der Waals surface area contributed by atoms with Crippen molar-refractivity contribution in [3.8, 4) is 0 Å². The second-order valence-electron chi connectivity index (χ2n) is 7.62. The van der Waals surface area contributed by atoms with E-state index in [2.05, 4.69) is 39.5 Å². The number of carbonyl (C=O) groups is 2. The van der Waals surface area contributed by atoms with Crippen molar-refractivity contribution < 1.29 is 14.1 Å². The first-order valence-corrected chi connectivity index (χ1v) is 10.8. The zero-order valence-electron chi connectivity index (χ0n) is 18.5. The monoisotopic (exact) mass is 448 g/mol. The largest absolute Gasteiger partial charge is 0.383 e. The standard InChI is InChI=1S/C24H28N6O3/c1-16-6-4-7-17(13-12-16)24-29-21(33-30-24)11-5-10-20(31)27-14-15-28-22(25)18-8-2-3-9-19(18)23(26)32/h2-4,6-9,12-13,16H,5,10-11,14-15H2,1H3,(H2,25,28)(H2,26,32)(H,27,31). The number of rotatable bonds is 10. The van der Waals surface area contributed by atoms with Gasteiger partial charge in [0.25, 0.3) is 0 Å². The van der Waals surface area contributed by atoms with Gasteiger partial charge in [-0.25, -0.2) is 0 Å². The topological polar surface area (TPSA) is 149 Å². The number of hydrogen-bond donors (Lipinski definition) is 3. The zero-order chi connectivity index (χ0) is 23.6. The van der Waals surface area contributed by atoms with Crippen molar-refractivity contribution in [3.63, 3.8) is 0 Å². The molecule has 2 aromatic rings. The highest BCUT2D eigenvalue weighted by atomic mass is 16.5. The van der Waals surface area contributed by atoms with Gasteiger partial charge < -0.3 is 21.3 Å². The molecule has 0 saturated carbocycles. The lowest BCUT2D eigenvalue weighted by molar-refractivity contribution is -0.121. The van der Waals surface area contributed by atoms with Crippen molar-refractivity contribution in [2.75, 3.05) is 13.1 Å². The van der Waals surface area contributed by atoms with Gasteiger partial charge in [0.05, 0.1) is 6.54 Å². The first kappa shape index (κ1) is 23.6. The Labute approximate surface area is 192 Å². The Bertz CT molecular complexity index is 1110. The van der Waals surface area contributed by atoms with E-state index in [0.717, 1.165) is 5.57 Å². The molecule has 0 radical (unpaired) electrons. The van der Waals surface area contributed by atoms with Gasteiger partial charge in [0.2, 0.25) is 23.5 Å². The number of nitrogens with one attached hydrogen (secondary N) is 1. The number of amides is 2. The van der Waals surface area contributed by atoms with E-state index in [9.17, 15) is 9.59 Å². The maximum Gasteiger partial charge on any atom is 0.249 e. The number of primary amides is 1. The van der Waals surface area contributed by atoms with Gasteiger partial charge in [0.1, 0.15) is 5.84 Å². The van der Waals surface area contributed by atoms with Crippen LogP contribution in [0.1, 0.15) is 47.4 Å². The minimum Gasteiger partial charge on any atom is -0.383 e.